The standard InChI is InChI=1S/C25H19Cl2N3O3/c26-18-9-5-11-20(15-18)29-23(31)17-8-4-10-19(14-17)28-22-21(27)24(32)30(25(22)33)13-12-16-6-2-1-3-7-16/h1-11,14-15,28H,12-13H2,(H,29,31). The van der Waals surface area contributed by atoms with Gasteiger partial charge in [0.05, 0.1) is 0 Å². The molecule has 0 spiro atoms. The van der Waals surface area contributed by atoms with E-state index in [1.165, 1.54) is 0 Å². The third-order valence-corrected chi connectivity index (χ3v) is 5.64. The van der Waals surface area contributed by atoms with E-state index in [9.17, 15) is 14.4 Å². The number of hydrogen-bond donors (Lipinski definition) is 2. The summed E-state index contributed by atoms with van der Waals surface area (Å²) in [5, 5.41) is 5.99. The Kier molecular flexibility index (Phi) is 6.77. The first-order valence-corrected chi connectivity index (χ1v) is 10.9. The van der Waals surface area contributed by atoms with Crippen LogP contribution >= 0.6 is 23.2 Å². The highest BCUT2D eigenvalue weighted by Gasteiger charge is 2.37. The Morgan fingerprint density at radius 3 is 2.30 bits per heavy atom. The molecule has 3 aromatic rings. The molecule has 1 aliphatic heterocycles. The molecule has 2 N–H and O–H groups in total. The van der Waals surface area contributed by atoms with Gasteiger partial charge in [0.2, 0.25) is 0 Å². The van der Waals surface area contributed by atoms with Crippen LogP contribution < -0.4 is 10.6 Å². The number of nitrogens with zero attached hydrogens (tertiary/aromatic N) is 1. The lowest BCUT2D eigenvalue weighted by Crippen LogP contribution is -2.34. The summed E-state index contributed by atoms with van der Waals surface area (Å²) < 4.78 is 0. The van der Waals surface area contributed by atoms with Gasteiger partial charge in [0.1, 0.15) is 10.7 Å². The number of carbonyl (C=O) groups is 3. The van der Waals surface area contributed by atoms with Crippen LogP contribution in [-0.4, -0.2) is 29.2 Å². The van der Waals surface area contributed by atoms with Crippen molar-refractivity contribution in [1.29, 1.82) is 0 Å². The molecule has 0 aromatic heterocycles. The average Bonchev–Trinajstić information content (AvgIpc) is 3.01. The molecule has 4 rings (SSSR count). The maximum Gasteiger partial charge on any atom is 0.278 e. The summed E-state index contributed by atoms with van der Waals surface area (Å²) in [7, 11) is 0. The Morgan fingerprint density at radius 1 is 0.818 bits per heavy atom. The Morgan fingerprint density at radius 2 is 1.55 bits per heavy atom. The van der Waals surface area contributed by atoms with Crippen molar-refractivity contribution in [2.45, 2.75) is 6.42 Å². The maximum atomic E-state index is 12.9. The van der Waals surface area contributed by atoms with Gasteiger partial charge in [0.25, 0.3) is 17.7 Å². The Balaban J connectivity index is 1.45. The lowest BCUT2D eigenvalue weighted by atomic mass is 10.1. The highest BCUT2D eigenvalue weighted by molar-refractivity contribution is 6.48. The molecule has 3 aromatic carbocycles. The van der Waals surface area contributed by atoms with Crippen LogP contribution in [0.3, 0.4) is 0 Å². The summed E-state index contributed by atoms with van der Waals surface area (Å²) in [4.78, 5) is 39.1. The highest BCUT2D eigenvalue weighted by Crippen LogP contribution is 2.26. The number of carbonyl (C=O) groups excluding carboxylic acids is 3. The summed E-state index contributed by atoms with van der Waals surface area (Å²) in [6.45, 7) is 0.213. The van der Waals surface area contributed by atoms with Gasteiger partial charge >= 0.3 is 0 Å². The predicted molar refractivity (Wildman–Crippen MR) is 129 cm³/mol. The topological polar surface area (TPSA) is 78.5 Å². The van der Waals surface area contributed by atoms with Crippen LogP contribution in [0.15, 0.2) is 89.6 Å². The molecule has 6 nitrogen and oxygen atoms in total. The Bertz CT molecular complexity index is 1260. The lowest BCUT2D eigenvalue weighted by Gasteiger charge is -2.15. The first-order chi connectivity index (χ1) is 15.9. The van der Waals surface area contributed by atoms with Crippen LogP contribution in [0.1, 0.15) is 15.9 Å². The van der Waals surface area contributed by atoms with Gasteiger partial charge in [-0.3, -0.25) is 19.3 Å². The predicted octanol–water partition coefficient (Wildman–Crippen LogP) is 5.07. The summed E-state index contributed by atoms with van der Waals surface area (Å²) in [5.74, 6) is -1.40. The second kappa shape index (κ2) is 9.90. The molecule has 0 radical (unpaired) electrons. The molecule has 0 aliphatic carbocycles. The number of halogens is 2. The third-order valence-electron chi connectivity index (χ3n) is 5.05. The van der Waals surface area contributed by atoms with E-state index in [2.05, 4.69) is 10.6 Å². The van der Waals surface area contributed by atoms with E-state index < -0.39 is 11.8 Å². The van der Waals surface area contributed by atoms with Crippen molar-refractivity contribution in [3.05, 3.63) is 106 Å². The normalized spacial score (nSPS) is 13.5. The molecule has 1 heterocycles. The molecule has 0 fully saturated rings. The van der Waals surface area contributed by atoms with Crippen LogP contribution in [0.5, 0.6) is 0 Å². The second-order valence-electron chi connectivity index (χ2n) is 7.36. The second-order valence-corrected chi connectivity index (χ2v) is 8.17. The van der Waals surface area contributed by atoms with E-state index >= 15 is 0 Å². The molecule has 8 heteroatoms. The first kappa shape index (κ1) is 22.6. The number of nitrogens with one attached hydrogen (secondary N) is 2. The van der Waals surface area contributed by atoms with Crippen molar-refractivity contribution in [3.63, 3.8) is 0 Å². The van der Waals surface area contributed by atoms with Gasteiger partial charge in [0, 0.05) is 28.5 Å². The largest absolute Gasteiger partial charge is 0.350 e. The van der Waals surface area contributed by atoms with Gasteiger partial charge < -0.3 is 10.6 Å². The van der Waals surface area contributed by atoms with E-state index in [1.54, 1.807) is 48.5 Å². The van der Waals surface area contributed by atoms with E-state index in [1.807, 2.05) is 30.3 Å². The molecule has 0 unspecified atom stereocenters. The average molecular weight is 480 g/mol. The van der Waals surface area contributed by atoms with E-state index in [-0.39, 0.29) is 23.2 Å². The van der Waals surface area contributed by atoms with Gasteiger partial charge in [0.15, 0.2) is 0 Å². The molecule has 0 atom stereocenters. The van der Waals surface area contributed by atoms with Crippen molar-refractivity contribution in [3.8, 4) is 0 Å². The molecular weight excluding hydrogens is 461 g/mol. The van der Waals surface area contributed by atoms with Gasteiger partial charge in [-0.25, -0.2) is 0 Å². The molecule has 0 saturated carbocycles. The minimum Gasteiger partial charge on any atom is -0.350 e. The summed E-state index contributed by atoms with van der Waals surface area (Å²) in [5.41, 5.74) is 2.36. The zero-order chi connectivity index (χ0) is 23.4. The number of anilines is 2. The number of amides is 3. The van der Waals surface area contributed by atoms with Crippen molar-refractivity contribution in [2.75, 3.05) is 17.2 Å². The van der Waals surface area contributed by atoms with Crippen molar-refractivity contribution < 1.29 is 14.4 Å². The van der Waals surface area contributed by atoms with Crippen LogP contribution in [-0.2, 0) is 16.0 Å². The van der Waals surface area contributed by atoms with E-state index in [0.717, 1.165) is 10.5 Å². The maximum absolute atomic E-state index is 12.9. The van der Waals surface area contributed by atoms with Gasteiger partial charge in [-0.2, -0.15) is 0 Å². The summed E-state index contributed by atoms with van der Waals surface area (Å²) in [6.07, 6.45) is 0.523. The van der Waals surface area contributed by atoms with E-state index in [4.69, 9.17) is 23.2 Å². The first-order valence-electron chi connectivity index (χ1n) is 10.2. The number of hydrogen-bond acceptors (Lipinski definition) is 4. The minimum absolute atomic E-state index is 0.0119. The fraction of sp³-hybridized carbons (Fsp3) is 0.0800. The van der Waals surface area contributed by atoms with Gasteiger partial charge in [-0.15, -0.1) is 0 Å². The summed E-state index contributed by atoms with van der Waals surface area (Å²) in [6, 6.07) is 22.9. The minimum atomic E-state index is -0.546. The fourth-order valence-corrected chi connectivity index (χ4v) is 3.82. The number of rotatable bonds is 7. The Hall–Kier alpha value is -3.61. The van der Waals surface area contributed by atoms with Gasteiger partial charge in [-0.05, 0) is 48.4 Å². The SMILES string of the molecule is O=C(Nc1cccc(Cl)c1)c1cccc(NC2=C(Cl)C(=O)N(CCc3ccccc3)C2=O)c1. The lowest BCUT2D eigenvalue weighted by molar-refractivity contribution is -0.137. The zero-order valence-corrected chi connectivity index (χ0v) is 18.9. The zero-order valence-electron chi connectivity index (χ0n) is 17.3. The molecule has 3 amide bonds. The molecular formula is C25H19Cl2N3O3. The Labute approximate surface area is 200 Å². The number of benzene rings is 3. The third kappa shape index (κ3) is 5.25. The monoisotopic (exact) mass is 479 g/mol. The van der Waals surface area contributed by atoms with Crippen molar-refractivity contribution in [1.82, 2.24) is 4.90 Å². The molecule has 0 bridgehead atoms. The van der Waals surface area contributed by atoms with Crippen molar-refractivity contribution in [2.24, 2.45) is 0 Å². The van der Waals surface area contributed by atoms with E-state index in [0.29, 0.717) is 28.4 Å². The smallest absolute Gasteiger partial charge is 0.278 e. The van der Waals surface area contributed by atoms with Crippen molar-refractivity contribution >= 4 is 52.3 Å². The van der Waals surface area contributed by atoms with Crippen LogP contribution in [0.25, 0.3) is 0 Å². The number of imide groups is 1. The quantitative estimate of drug-likeness (QED) is 0.463. The highest BCUT2D eigenvalue weighted by atomic mass is 35.5. The molecule has 1 aliphatic rings. The molecule has 33 heavy (non-hydrogen) atoms. The summed E-state index contributed by atoms with van der Waals surface area (Å²) >= 11 is 12.1. The molecule has 0 saturated heterocycles. The van der Waals surface area contributed by atoms with Crippen LogP contribution in [0.4, 0.5) is 11.4 Å². The van der Waals surface area contributed by atoms with Crippen LogP contribution in [0, 0.1) is 0 Å². The molecule has 166 valence electrons. The van der Waals surface area contributed by atoms with Gasteiger partial charge in [-0.1, -0.05) is 65.7 Å². The van der Waals surface area contributed by atoms with Crippen LogP contribution in [0.2, 0.25) is 5.02 Å². The fourth-order valence-electron chi connectivity index (χ4n) is 3.40.